The molecule has 174 valence electrons. The third-order valence-electron chi connectivity index (χ3n) is 6.38. The summed E-state index contributed by atoms with van der Waals surface area (Å²) in [4.78, 5) is 47.6. The van der Waals surface area contributed by atoms with Gasteiger partial charge in [-0.05, 0) is 22.1 Å². The Labute approximate surface area is 189 Å². The quantitative estimate of drug-likeness (QED) is 0.490. The van der Waals surface area contributed by atoms with Crippen LogP contribution < -0.4 is 5.11 Å². The highest BCUT2D eigenvalue weighted by molar-refractivity contribution is 6.06. The first-order chi connectivity index (χ1) is 15.2. The molecule has 0 unspecified atom stereocenters. The number of nitrogens with zero attached hydrogens (tertiary/aromatic N) is 2. The van der Waals surface area contributed by atoms with Crippen LogP contribution in [0.1, 0.15) is 64.9 Å². The number of Topliss-reactive ketones (excluding diaryl/α,β-unsaturated/α-hetero) is 2. The zero-order valence-corrected chi connectivity index (χ0v) is 18.7. The lowest BCUT2D eigenvalue weighted by Gasteiger charge is -2.43. The summed E-state index contributed by atoms with van der Waals surface area (Å²) in [5, 5.41) is 36.1. The predicted octanol–water partition coefficient (Wildman–Crippen LogP) is 3.98. The number of rotatable bonds is 3. The maximum Gasteiger partial charge on any atom is 0.276 e. The van der Waals surface area contributed by atoms with Crippen molar-refractivity contribution >= 4 is 22.9 Å². The summed E-state index contributed by atoms with van der Waals surface area (Å²) >= 11 is 0. The number of benzene rings is 1. The summed E-state index contributed by atoms with van der Waals surface area (Å²) in [5.41, 5.74) is -2.62. The molecule has 2 aliphatic carbocycles. The van der Waals surface area contributed by atoms with E-state index in [1.165, 1.54) is 0 Å². The maximum absolute atomic E-state index is 13.2. The van der Waals surface area contributed by atoms with Crippen molar-refractivity contribution in [2.75, 3.05) is 0 Å². The van der Waals surface area contributed by atoms with Crippen molar-refractivity contribution in [1.82, 2.24) is 0 Å². The van der Waals surface area contributed by atoms with Crippen LogP contribution in [0.2, 0.25) is 0 Å². The van der Waals surface area contributed by atoms with Gasteiger partial charge in [-0.3, -0.25) is 29.8 Å². The number of carbonyl (C=O) groups excluding carboxylic acids is 2. The van der Waals surface area contributed by atoms with Gasteiger partial charge in [-0.1, -0.05) is 27.7 Å². The van der Waals surface area contributed by atoms with Crippen LogP contribution >= 0.6 is 0 Å². The van der Waals surface area contributed by atoms with Crippen LogP contribution in [-0.4, -0.2) is 21.4 Å². The van der Waals surface area contributed by atoms with E-state index in [0.717, 1.165) is 6.07 Å². The molecule has 3 aliphatic rings. The average Bonchev–Trinajstić information content (AvgIpc) is 2.64. The Kier molecular flexibility index (Phi) is 4.95. The van der Waals surface area contributed by atoms with Gasteiger partial charge in [0.25, 0.3) is 11.4 Å². The molecule has 0 saturated heterocycles. The molecule has 0 amide bonds. The minimum atomic E-state index is -1.23. The molecule has 0 radical (unpaired) electrons. The van der Waals surface area contributed by atoms with Gasteiger partial charge in [-0.25, -0.2) is 0 Å². The van der Waals surface area contributed by atoms with E-state index in [1.807, 2.05) is 27.7 Å². The third-order valence-corrected chi connectivity index (χ3v) is 6.38. The van der Waals surface area contributed by atoms with Crippen LogP contribution in [0.3, 0.4) is 0 Å². The Morgan fingerprint density at radius 3 is 1.76 bits per heavy atom. The Morgan fingerprint density at radius 1 is 0.848 bits per heavy atom. The van der Waals surface area contributed by atoms with Gasteiger partial charge in [0, 0.05) is 48.8 Å². The second-order valence-electron chi connectivity index (χ2n) is 10.5. The summed E-state index contributed by atoms with van der Waals surface area (Å²) in [6, 6.07) is 1.55. The lowest BCUT2D eigenvalue weighted by molar-refractivity contribution is -0.403. The topological polar surface area (TPSA) is 153 Å². The third kappa shape index (κ3) is 3.79. The maximum atomic E-state index is 13.2. The van der Waals surface area contributed by atoms with Gasteiger partial charge in [0.1, 0.15) is 11.5 Å². The molecule has 0 atom stereocenters. The molecule has 0 saturated carbocycles. The number of non-ortho nitro benzene ring substituents is 1. The van der Waals surface area contributed by atoms with E-state index in [0.29, 0.717) is 30.4 Å². The van der Waals surface area contributed by atoms with Crippen molar-refractivity contribution in [3.05, 3.63) is 60.6 Å². The number of allylic oxidation sites excluding steroid dienone is 4. The second kappa shape index (κ2) is 7.23. The van der Waals surface area contributed by atoms with Crippen molar-refractivity contribution in [1.29, 1.82) is 0 Å². The summed E-state index contributed by atoms with van der Waals surface area (Å²) in [6.45, 7) is 7.57. The monoisotopic (exact) mass is 455 g/mol. The zero-order chi connectivity index (χ0) is 24.5. The molecule has 0 N–H and O–H groups in total. The molecule has 10 heteroatoms. The number of hydrogen-bond donors (Lipinski definition) is 0. The number of carbonyl (C=O) groups is 2. The molecule has 1 aromatic rings. The minimum Gasteiger partial charge on any atom is -0.868 e. The highest BCUT2D eigenvalue weighted by Gasteiger charge is 2.48. The first kappa shape index (κ1) is 22.6. The molecule has 0 fully saturated rings. The van der Waals surface area contributed by atoms with Gasteiger partial charge >= 0.3 is 0 Å². The summed E-state index contributed by atoms with van der Waals surface area (Å²) in [7, 11) is 0. The SMILES string of the molecule is CC1(C)CC(=O)C2=C(C1)OC1=C(C(=O)CC(C)(C)C1)C2c1cc([N+](=O)[O-])cc([N+](=O)[O-])c1[O-]. The fraction of sp³-hybridized carbons (Fsp3) is 0.478. The molecule has 0 aromatic heterocycles. The van der Waals surface area contributed by atoms with E-state index in [-0.39, 0.29) is 41.1 Å². The smallest absolute Gasteiger partial charge is 0.276 e. The zero-order valence-electron chi connectivity index (χ0n) is 18.7. The Balaban J connectivity index is 2.04. The molecular formula is C23H23N2O8-. The van der Waals surface area contributed by atoms with Crippen LogP contribution in [0.4, 0.5) is 11.4 Å². The van der Waals surface area contributed by atoms with Crippen LogP contribution in [0.15, 0.2) is 34.8 Å². The second-order valence-corrected chi connectivity index (χ2v) is 10.5. The van der Waals surface area contributed by atoms with Crippen molar-refractivity contribution in [2.45, 2.75) is 59.3 Å². The summed E-state index contributed by atoms with van der Waals surface area (Å²) in [6.07, 6.45) is 0.973. The molecule has 1 aromatic carbocycles. The van der Waals surface area contributed by atoms with Gasteiger partial charge in [0.05, 0.1) is 15.9 Å². The van der Waals surface area contributed by atoms with Crippen LogP contribution in [0, 0.1) is 31.1 Å². The van der Waals surface area contributed by atoms with E-state index >= 15 is 0 Å². The first-order valence-corrected chi connectivity index (χ1v) is 10.5. The van der Waals surface area contributed by atoms with E-state index in [4.69, 9.17) is 4.74 Å². The molecule has 33 heavy (non-hydrogen) atoms. The lowest BCUT2D eigenvalue weighted by atomic mass is 9.65. The van der Waals surface area contributed by atoms with E-state index in [9.17, 15) is 34.9 Å². The standard InChI is InChI=1S/C23H24N2O8/c1-22(2)7-14(26)19-16(9-22)33-17-10-23(3,4)8-15(27)20(17)18(19)12-5-11(24(29)30)6-13(21(12)28)25(31)32/h5-6,18,28H,7-10H2,1-4H3/p-1. The van der Waals surface area contributed by atoms with Gasteiger partial charge < -0.3 is 9.84 Å². The lowest BCUT2D eigenvalue weighted by Crippen LogP contribution is -2.37. The number of nitro groups is 2. The summed E-state index contributed by atoms with van der Waals surface area (Å²) < 4.78 is 6.10. The number of hydrogen-bond acceptors (Lipinski definition) is 8. The summed E-state index contributed by atoms with van der Waals surface area (Å²) in [5.74, 6) is -2.33. The minimum absolute atomic E-state index is 0.0908. The van der Waals surface area contributed by atoms with Gasteiger partial charge in [0.15, 0.2) is 11.6 Å². The van der Waals surface area contributed by atoms with Crippen LogP contribution in [-0.2, 0) is 14.3 Å². The van der Waals surface area contributed by atoms with E-state index in [2.05, 4.69) is 0 Å². The molecule has 1 aliphatic heterocycles. The number of nitro benzene ring substituents is 2. The molecule has 4 rings (SSSR count). The molecule has 0 spiro atoms. The highest BCUT2D eigenvalue weighted by Crippen LogP contribution is 2.55. The van der Waals surface area contributed by atoms with Crippen LogP contribution in [0.5, 0.6) is 5.75 Å². The Hall–Kier alpha value is -3.56. The average molecular weight is 455 g/mol. The molecule has 10 nitrogen and oxygen atoms in total. The normalized spacial score (nSPS) is 21.9. The number of ketones is 2. The fourth-order valence-corrected chi connectivity index (χ4v) is 5.06. The Bertz CT molecular complexity index is 1150. The van der Waals surface area contributed by atoms with E-state index < -0.39 is 43.7 Å². The van der Waals surface area contributed by atoms with Gasteiger partial charge in [0.2, 0.25) is 0 Å². The first-order valence-electron chi connectivity index (χ1n) is 10.5. The predicted molar refractivity (Wildman–Crippen MR) is 113 cm³/mol. The Morgan fingerprint density at radius 2 is 1.33 bits per heavy atom. The van der Waals surface area contributed by atoms with Crippen molar-refractivity contribution < 1.29 is 29.3 Å². The molecule has 0 bridgehead atoms. The molecular weight excluding hydrogens is 432 g/mol. The van der Waals surface area contributed by atoms with Crippen molar-refractivity contribution in [3.8, 4) is 5.75 Å². The van der Waals surface area contributed by atoms with Crippen molar-refractivity contribution in [3.63, 3.8) is 0 Å². The number of ether oxygens (including phenoxy) is 1. The van der Waals surface area contributed by atoms with Gasteiger partial charge in [-0.2, -0.15) is 0 Å². The fourth-order valence-electron chi connectivity index (χ4n) is 5.06. The van der Waals surface area contributed by atoms with Gasteiger partial charge in [-0.15, -0.1) is 0 Å². The van der Waals surface area contributed by atoms with Crippen LogP contribution in [0.25, 0.3) is 0 Å². The van der Waals surface area contributed by atoms with Crippen molar-refractivity contribution in [2.24, 2.45) is 10.8 Å². The van der Waals surface area contributed by atoms with E-state index in [1.54, 1.807) is 0 Å². The molecule has 1 heterocycles. The highest BCUT2D eigenvalue weighted by atomic mass is 16.6. The largest absolute Gasteiger partial charge is 0.868 e.